The van der Waals surface area contributed by atoms with Gasteiger partial charge in [-0.25, -0.2) is 8.78 Å². The van der Waals surface area contributed by atoms with Gasteiger partial charge >= 0.3 is 0 Å². The molecule has 1 aromatic carbocycles. The predicted octanol–water partition coefficient (Wildman–Crippen LogP) is 3.13. The van der Waals surface area contributed by atoms with Crippen LogP contribution >= 0.6 is 0 Å². The first-order valence-electron chi connectivity index (χ1n) is 4.88. The summed E-state index contributed by atoms with van der Waals surface area (Å²) in [5.74, 6) is 0.387. The number of alkyl halides is 2. The quantitative estimate of drug-likeness (QED) is 0.788. The molecule has 0 aromatic heterocycles. The van der Waals surface area contributed by atoms with E-state index in [4.69, 9.17) is 10.00 Å². The van der Waals surface area contributed by atoms with Crippen molar-refractivity contribution in [2.45, 2.75) is 25.7 Å². The first kappa shape index (κ1) is 12.4. The first-order valence-corrected chi connectivity index (χ1v) is 4.88. The molecule has 0 saturated heterocycles. The average Bonchev–Trinajstić information content (AvgIpc) is 2.27. The molecule has 0 radical (unpaired) electrons. The van der Waals surface area contributed by atoms with Crippen molar-refractivity contribution in [2.75, 3.05) is 6.61 Å². The highest BCUT2D eigenvalue weighted by molar-refractivity contribution is 5.35. The lowest BCUT2D eigenvalue weighted by Gasteiger charge is -2.16. The third-order valence-corrected chi connectivity index (χ3v) is 2.23. The zero-order valence-electron chi connectivity index (χ0n) is 9.21. The summed E-state index contributed by atoms with van der Waals surface area (Å²) in [6, 6.07) is 8.78. The van der Waals surface area contributed by atoms with Crippen molar-refractivity contribution < 1.29 is 13.5 Å². The van der Waals surface area contributed by atoms with Crippen LogP contribution in [-0.2, 0) is 5.41 Å². The zero-order valence-corrected chi connectivity index (χ0v) is 9.21. The molecule has 0 spiro atoms. The van der Waals surface area contributed by atoms with E-state index in [0.29, 0.717) is 5.75 Å². The number of nitriles is 1. The van der Waals surface area contributed by atoms with Gasteiger partial charge in [-0.3, -0.25) is 0 Å². The molecule has 2 nitrogen and oxygen atoms in total. The molecular formula is C12H13F2NO. The number of hydrogen-bond acceptors (Lipinski definition) is 2. The number of rotatable bonds is 4. The first-order chi connectivity index (χ1) is 7.45. The third kappa shape index (κ3) is 3.20. The molecule has 0 unspecified atom stereocenters. The van der Waals surface area contributed by atoms with Gasteiger partial charge in [-0.1, -0.05) is 12.1 Å². The molecule has 0 heterocycles. The molecule has 0 aliphatic carbocycles. The molecule has 0 saturated carbocycles. The zero-order chi connectivity index (χ0) is 12.2. The van der Waals surface area contributed by atoms with E-state index in [-0.39, 0.29) is 0 Å². The molecule has 0 N–H and O–H groups in total. The fourth-order valence-electron chi connectivity index (χ4n) is 1.19. The van der Waals surface area contributed by atoms with Crippen LogP contribution in [0.25, 0.3) is 0 Å². The van der Waals surface area contributed by atoms with Gasteiger partial charge in [-0.15, -0.1) is 0 Å². The summed E-state index contributed by atoms with van der Waals surface area (Å²) >= 11 is 0. The maximum atomic E-state index is 11.9. The molecule has 0 aliphatic heterocycles. The maximum absolute atomic E-state index is 11.9. The van der Waals surface area contributed by atoms with E-state index in [9.17, 15) is 8.78 Å². The van der Waals surface area contributed by atoms with Gasteiger partial charge in [0.1, 0.15) is 12.4 Å². The monoisotopic (exact) mass is 225 g/mol. The Balaban J connectivity index is 2.73. The smallest absolute Gasteiger partial charge is 0.272 e. The summed E-state index contributed by atoms with van der Waals surface area (Å²) in [6.45, 7) is 2.98. The minimum Gasteiger partial charge on any atom is -0.488 e. The van der Waals surface area contributed by atoms with Gasteiger partial charge in [0.2, 0.25) is 0 Å². The van der Waals surface area contributed by atoms with Crippen LogP contribution in [0.5, 0.6) is 5.75 Å². The number of halogens is 2. The molecule has 0 aliphatic rings. The van der Waals surface area contributed by atoms with E-state index in [1.165, 1.54) is 0 Å². The van der Waals surface area contributed by atoms with Crippen molar-refractivity contribution >= 4 is 0 Å². The maximum Gasteiger partial charge on any atom is 0.272 e. The average molecular weight is 225 g/mol. The van der Waals surface area contributed by atoms with E-state index in [0.717, 1.165) is 5.56 Å². The Morgan fingerprint density at radius 2 is 1.88 bits per heavy atom. The minimum absolute atomic E-state index is 0.387. The highest BCUT2D eigenvalue weighted by Gasteiger charge is 2.19. The van der Waals surface area contributed by atoms with Crippen molar-refractivity contribution in [3.63, 3.8) is 0 Å². The van der Waals surface area contributed by atoms with Gasteiger partial charge in [0.25, 0.3) is 6.43 Å². The Morgan fingerprint density at radius 1 is 1.31 bits per heavy atom. The molecule has 0 fully saturated rings. The van der Waals surface area contributed by atoms with E-state index in [2.05, 4.69) is 6.07 Å². The van der Waals surface area contributed by atoms with Crippen LogP contribution in [0.1, 0.15) is 19.4 Å². The topological polar surface area (TPSA) is 33.0 Å². The Bertz CT molecular complexity index is 379. The molecular weight excluding hydrogens is 212 g/mol. The lowest BCUT2D eigenvalue weighted by atomic mass is 9.86. The Morgan fingerprint density at radius 3 is 2.31 bits per heavy atom. The molecule has 1 rings (SSSR count). The Kier molecular flexibility index (Phi) is 3.83. The molecule has 0 amide bonds. The molecule has 86 valence electrons. The van der Waals surface area contributed by atoms with Crippen LogP contribution in [0.4, 0.5) is 8.78 Å². The second-order valence-corrected chi connectivity index (χ2v) is 3.96. The van der Waals surface area contributed by atoms with Crippen LogP contribution in [0.15, 0.2) is 24.3 Å². The van der Waals surface area contributed by atoms with Crippen molar-refractivity contribution in [3.05, 3.63) is 29.8 Å². The highest BCUT2D eigenvalue weighted by Crippen LogP contribution is 2.24. The largest absolute Gasteiger partial charge is 0.488 e. The van der Waals surface area contributed by atoms with Crippen molar-refractivity contribution in [1.29, 1.82) is 5.26 Å². The number of hydrogen-bond donors (Lipinski definition) is 0. The lowest BCUT2D eigenvalue weighted by molar-refractivity contribution is 0.0819. The van der Waals surface area contributed by atoms with Crippen LogP contribution in [-0.4, -0.2) is 13.0 Å². The second-order valence-electron chi connectivity index (χ2n) is 3.96. The summed E-state index contributed by atoms with van der Waals surface area (Å²) in [5.41, 5.74) is 0.251. The number of benzene rings is 1. The summed E-state index contributed by atoms with van der Waals surface area (Å²) in [6.07, 6.45) is -2.48. The Labute approximate surface area is 93.5 Å². The predicted molar refractivity (Wildman–Crippen MR) is 56.6 cm³/mol. The number of nitrogens with zero attached hydrogens (tertiary/aromatic N) is 1. The van der Waals surface area contributed by atoms with E-state index >= 15 is 0 Å². The summed E-state index contributed by atoms with van der Waals surface area (Å²) in [5, 5.41) is 8.91. The second kappa shape index (κ2) is 4.93. The van der Waals surface area contributed by atoms with Gasteiger partial charge in [-0.05, 0) is 31.5 Å². The molecule has 1 aromatic rings. The van der Waals surface area contributed by atoms with Crippen LogP contribution in [0.3, 0.4) is 0 Å². The normalized spacial score (nSPS) is 11.2. The van der Waals surface area contributed by atoms with E-state index in [1.54, 1.807) is 38.1 Å². The lowest BCUT2D eigenvalue weighted by Crippen LogP contribution is -2.13. The van der Waals surface area contributed by atoms with Gasteiger partial charge in [0.05, 0.1) is 11.5 Å². The summed E-state index contributed by atoms with van der Waals surface area (Å²) in [7, 11) is 0. The van der Waals surface area contributed by atoms with Crippen molar-refractivity contribution in [3.8, 4) is 11.8 Å². The Hall–Kier alpha value is -1.63. The van der Waals surface area contributed by atoms with Gasteiger partial charge < -0.3 is 4.74 Å². The minimum atomic E-state index is -2.48. The molecule has 16 heavy (non-hydrogen) atoms. The summed E-state index contributed by atoms with van der Waals surface area (Å²) in [4.78, 5) is 0. The SMILES string of the molecule is CC(C)(C#N)c1ccc(OCC(F)F)cc1. The van der Waals surface area contributed by atoms with Crippen LogP contribution < -0.4 is 4.74 Å². The molecule has 4 heteroatoms. The van der Waals surface area contributed by atoms with Gasteiger partial charge in [0, 0.05) is 0 Å². The molecule has 0 bridgehead atoms. The third-order valence-electron chi connectivity index (χ3n) is 2.23. The van der Waals surface area contributed by atoms with Gasteiger partial charge in [-0.2, -0.15) is 5.26 Å². The van der Waals surface area contributed by atoms with Crippen LogP contribution in [0.2, 0.25) is 0 Å². The van der Waals surface area contributed by atoms with E-state index in [1.807, 2.05) is 0 Å². The fraction of sp³-hybridized carbons (Fsp3) is 0.417. The van der Waals surface area contributed by atoms with Gasteiger partial charge in [0.15, 0.2) is 0 Å². The standard InChI is InChI=1S/C12H13F2NO/c1-12(2,8-15)9-3-5-10(6-4-9)16-7-11(13)14/h3-6,11H,7H2,1-2H3. The highest BCUT2D eigenvalue weighted by atomic mass is 19.3. The van der Waals surface area contributed by atoms with E-state index < -0.39 is 18.4 Å². The number of ether oxygens (including phenoxy) is 1. The summed E-state index contributed by atoms with van der Waals surface area (Å²) < 4.78 is 28.6. The van der Waals surface area contributed by atoms with Crippen molar-refractivity contribution in [2.24, 2.45) is 0 Å². The fourth-order valence-corrected chi connectivity index (χ4v) is 1.19. The van der Waals surface area contributed by atoms with Crippen molar-refractivity contribution in [1.82, 2.24) is 0 Å². The van der Waals surface area contributed by atoms with Crippen LogP contribution in [0, 0.1) is 11.3 Å². The molecule has 0 atom stereocenters.